The standard InChI is InChI=1S/C8H8O4S/c1-13(9,10)6-2-3-7-8(4-6)12-5-11-7/h2-4H,5H2,1H3. The van der Waals surface area contributed by atoms with Crippen LogP contribution < -0.4 is 9.47 Å². The van der Waals surface area contributed by atoms with E-state index in [9.17, 15) is 8.42 Å². The summed E-state index contributed by atoms with van der Waals surface area (Å²) in [6.07, 6.45) is 1.16. The Morgan fingerprint density at radius 2 is 1.92 bits per heavy atom. The number of benzene rings is 1. The van der Waals surface area contributed by atoms with Gasteiger partial charge in [0, 0.05) is 12.3 Å². The van der Waals surface area contributed by atoms with Gasteiger partial charge < -0.3 is 9.47 Å². The molecule has 1 heterocycles. The number of fused-ring (bicyclic) bond motifs is 1. The van der Waals surface area contributed by atoms with Gasteiger partial charge in [-0.15, -0.1) is 0 Å². The van der Waals surface area contributed by atoms with E-state index in [1.54, 1.807) is 6.07 Å². The quantitative estimate of drug-likeness (QED) is 0.673. The van der Waals surface area contributed by atoms with Crippen LogP contribution in [0.3, 0.4) is 0 Å². The van der Waals surface area contributed by atoms with Crippen LogP contribution in [-0.2, 0) is 9.84 Å². The van der Waals surface area contributed by atoms with E-state index in [-0.39, 0.29) is 11.7 Å². The van der Waals surface area contributed by atoms with Gasteiger partial charge in [0.05, 0.1) is 4.90 Å². The number of rotatable bonds is 1. The van der Waals surface area contributed by atoms with E-state index >= 15 is 0 Å². The lowest BCUT2D eigenvalue weighted by Gasteiger charge is -1.99. The van der Waals surface area contributed by atoms with Gasteiger partial charge >= 0.3 is 0 Å². The van der Waals surface area contributed by atoms with E-state index in [4.69, 9.17) is 9.47 Å². The van der Waals surface area contributed by atoms with E-state index in [1.165, 1.54) is 12.1 Å². The fourth-order valence-corrected chi connectivity index (χ4v) is 1.74. The van der Waals surface area contributed by atoms with Gasteiger partial charge in [0.15, 0.2) is 21.3 Å². The third-order valence-electron chi connectivity index (χ3n) is 1.77. The molecule has 0 spiro atoms. The second-order valence-electron chi connectivity index (χ2n) is 2.79. The molecular formula is C8H8O4S. The lowest BCUT2D eigenvalue weighted by Crippen LogP contribution is -1.96. The van der Waals surface area contributed by atoms with Gasteiger partial charge in [-0.1, -0.05) is 0 Å². The molecule has 0 bridgehead atoms. The maximum Gasteiger partial charge on any atom is 0.231 e. The minimum absolute atomic E-state index is 0.155. The molecule has 2 rings (SSSR count). The minimum Gasteiger partial charge on any atom is -0.454 e. The Bertz CT molecular complexity index is 435. The zero-order valence-electron chi connectivity index (χ0n) is 6.98. The molecule has 0 radical (unpaired) electrons. The first-order chi connectivity index (χ1) is 6.07. The first kappa shape index (κ1) is 8.37. The summed E-state index contributed by atoms with van der Waals surface area (Å²) in [5.74, 6) is 1.08. The summed E-state index contributed by atoms with van der Waals surface area (Å²) in [6.45, 7) is 0.155. The van der Waals surface area contributed by atoms with E-state index < -0.39 is 9.84 Å². The third-order valence-corrected chi connectivity index (χ3v) is 2.88. The normalized spacial score (nSPS) is 14.5. The molecule has 1 aromatic rings. The highest BCUT2D eigenvalue weighted by Crippen LogP contribution is 2.33. The van der Waals surface area contributed by atoms with Gasteiger partial charge in [0.2, 0.25) is 6.79 Å². The molecule has 13 heavy (non-hydrogen) atoms. The van der Waals surface area contributed by atoms with E-state index in [1.807, 2.05) is 0 Å². The Morgan fingerprint density at radius 3 is 2.62 bits per heavy atom. The largest absolute Gasteiger partial charge is 0.454 e. The number of hydrogen-bond acceptors (Lipinski definition) is 4. The van der Waals surface area contributed by atoms with E-state index in [0.717, 1.165) is 6.26 Å². The van der Waals surface area contributed by atoms with Crippen molar-refractivity contribution in [1.82, 2.24) is 0 Å². The van der Waals surface area contributed by atoms with Crippen molar-refractivity contribution in [2.45, 2.75) is 4.90 Å². The molecule has 1 aliphatic heterocycles. The number of ether oxygens (including phenoxy) is 2. The summed E-state index contributed by atoms with van der Waals surface area (Å²) in [5, 5.41) is 0. The number of hydrogen-bond donors (Lipinski definition) is 0. The highest BCUT2D eigenvalue weighted by Gasteiger charge is 2.16. The Morgan fingerprint density at radius 1 is 1.23 bits per heavy atom. The van der Waals surface area contributed by atoms with Crippen molar-refractivity contribution in [1.29, 1.82) is 0 Å². The van der Waals surface area contributed by atoms with Crippen LogP contribution in [0.4, 0.5) is 0 Å². The Labute approximate surface area is 76.0 Å². The molecule has 4 nitrogen and oxygen atoms in total. The van der Waals surface area contributed by atoms with Crippen molar-refractivity contribution < 1.29 is 17.9 Å². The van der Waals surface area contributed by atoms with Crippen molar-refractivity contribution in [2.75, 3.05) is 13.0 Å². The molecule has 0 fully saturated rings. The second-order valence-corrected chi connectivity index (χ2v) is 4.80. The van der Waals surface area contributed by atoms with Gasteiger partial charge in [-0.05, 0) is 12.1 Å². The van der Waals surface area contributed by atoms with Crippen LogP contribution in [-0.4, -0.2) is 21.5 Å². The first-order valence-corrected chi connectivity index (χ1v) is 5.56. The summed E-state index contributed by atoms with van der Waals surface area (Å²) < 4.78 is 32.4. The van der Waals surface area contributed by atoms with Crippen molar-refractivity contribution in [3.8, 4) is 11.5 Å². The summed E-state index contributed by atoms with van der Waals surface area (Å²) in [5.41, 5.74) is 0. The smallest absolute Gasteiger partial charge is 0.231 e. The van der Waals surface area contributed by atoms with Crippen LogP contribution in [0.2, 0.25) is 0 Å². The predicted octanol–water partition coefficient (Wildman–Crippen LogP) is 0.819. The molecule has 0 aromatic heterocycles. The molecule has 0 saturated heterocycles. The summed E-state index contributed by atoms with van der Waals surface area (Å²) in [4.78, 5) is 0.247. The Balaban J connectivity index is 2.54. The van der Waals surface area contributed by atoms with E-state index in [2.05, 4.69) is 0 Å². The van der Waals surface area contributed by atoms with Gasteiger partial charge in [0.1, 0.15) is 0 Å². The average Bonchev–Trinajstić information content (AvgIpc) is 2.47. The second kappa shape index (κ2) is 2.63. The maximum absolute atomic E-state index is 11.1. The molecular weight excluding hydrogens is 192 g/mol. The van der Waals surface area contributed by atoms with Gasteiger partial charge in [-0.2, -0.15) is 0 Å². The summed E-state index contributed by atoms with van der Waals surface area (Å²) in [6, 6.07) is 4.57. The Hall–Kier alpha value is -1.23. The van der Waals surface area contributed by atoms with Crippen molar-refractivity contribution in [3.05, 3.63) is 18.2 Å². The van der Waals surface area contributed by atoms with Crippen LogP contribution >= 0.6 is 0 Å². The van der Waals surface area contributed by atoms with Gasteiger partial charge in [-0.3, -0.25) is 0 Å². The molecule has 0 atom stereocenters. The predicted molar refractivity (Wildman–Crippen MR) is 45.7 cm³/mol. The highest BCUT2D eigenvalue weighted by molar-refractivity contribution is 7.90. The molecule has 1 aromatic carbocycles. The summed E-state index contributed by atoms with van der Waals surface area (Å²) in [7, 11) is -3.16. The van der Waals surface area contributed by atoms with Gasteiger partial charge in [0.25, 0.3) is 0 Å². The first-order valence-electron chi connectivity index (χ1n) is 3.67. The summed E-state index contributed by atoms with van der Waals surface area (Å²) >= 11 is 0. The SMILES string of the molecule is CS(=O)(=O)c1ccc2c(c1)OCO2. The lowest BCUT2D eigenvalue weighted by atomic mass is 10.3. The van der Waals surface area contributed by atoms with Crippen LogP contribution in [0, 0.1) is 0 Å². The van der Waals surface area contributed by atoms with Gasteiger partial charge in [-0.25, -0.2) is 8.42 Å². The zero-order valence-corrected chi connectivity index (χ0v) is 7.80. The zero-order chi connectivity index (χ0) is 9.47. The molecule has 0 amide bonds. The number of sulfone groups is 1. The van der Waals surface area contributed by atoms with Crippen LogP contribution in [0.5, 0.6) is 11.5 Å². The fourth-order valence-electron chi connectivity index (χ4n) is 1.11. The minimum atomic E-state index is -3.16. The van der Waals surface area contributed by atoms with Crippen LogP contribution in [0.25, 0.3) is 0 Å². The highest BCUT2D eigenvalue weighted by atomic mass is 32.2. The topological polar surface area (TPSA) is 52.6 Å². The molecule has 0 aliphatic carbocycles. The van der Waals surface area contributed by atoms with Crippen LogP contribution in [0.15, 0.2) is 23.1 Å². The van der Waals surface area contributed by atoms with Crippen molar-refractivity contribution in [3.63, 3.8) is 0 Å². The average molecular weight is 200 g/mol. The molecule has 70 valence electrons. The molecule has 1 aliphatic rings. The lowest BCUT2D eigenvalue weighted by molar-refractivity contribution is 0.174. The third kappa shape index (κ3) is 1.47. The molecule has 0 saturated carbocycles. The molecule has 5 heteroatoms. The molecule has 0 N–H and O–H groups in total. The van der Waals surface area contributed by atoms with Crippen LogP contribution in [0.1, 0.15) is 0 Å². The Kier molecular flexibility index (Phi) is 1.69. The van der Waals surface area contributed by atoms with Crippen molar-refractivity contribution >= 4 is 9.84 Å². The monoisotopic (exact) mass is 200 g/mol. The maximum atomic E-state index is 11.1. The van der Waals surface area contributed by atoms with Crippen molar-refractivity contribution in [2.24, 2.45) is 0 Å². The molecule has 0 unspecified atom stereocenters. The fraction of sp³-hybridized carbons (Fsp3) is 0.250. The van der Waals surface area contributed by atoms with E-state index in [0.29, 0.717) is 11.5 Å².